The van der Waals surface area contributed by atoms with Gasteiger partial charge in [-0.3, -0.25) is 0 Å². The molecule has 0 spiro atoms. The predicted molar refractivity (Wildman–Crippen MR) is 76.1 cm³/mol. The number of benzene rings is 2. The highest BCUT2D eigenvalue weighted by Gasteiger charge is 2.12. The third-order valence-electron chi connectivity index (χ3n) is 2.84. The Hall–Kier alpha value is -2.47. The van der Waals surface area contributed by atoms with Crippen LogP contribution in [0, 0.1) is 11.6 Å². The lowest BCUT2D eigenvalue weighted by molar-refractivity contribution is 0.200. The second-order valence-corrected chi connectivity index (χ2v) is 4.47. The molecule has 2 amide bonds. The molecular weight excluding hydrogens is 278 g/mol. The average Bonchev–Trinajstić information content (AvgIpc) is 2.42. The topological polar surface area (TPSA) is 61.4 Å². The zero-order valence-electron chi connectivity index (χ0n) is 11.2. The minimum absolute atomic E-state index is 0.136. The Morgan fingerprint density at radius 1 is 1.10 bits per heavy atom. The van der Waals surface area contributed by atoms with Gasteiger partial charge in [-0.2, -0.15) is 0 Å². The van der Waals surface area contributed by atoms with E-state index in [1.54, 1.807) is 31.2 Å². The Labute approximate surface area is 120 Å². The van der Waals surface area contributed by atoms with Gasteiger partial charge in [-0.25, -0.2) is 13.6 Å². The lowest BCUT2D eigenvalue weighted by atomic mass is 10.1. The fourth-order valence-corrected chi connectivity index (χ4v) is 1.84. The molecule has 0 heterocycles. The molecule has 0 aliphatic heterocycles. The van der Waals surface area contributed by atoms with E-state index in [1.165, 1.54) is 0 Å². The van der Waals surface area contributed by atoms with Gasteiger partial charge in [-0.15, -0.1) is 0 Å². The third kappa shape index (κ3) is 3.76. The number of hydrogen-bond donors (Lipinski definition) is 3. The maximum atomic E-state index is 13.4. The van der Waals surface area contributed by atoms with E-state index in [-0.39, 0.29) is 5.69 Å². The number of carbonyl (C=O) groups is 1. The molecule has 1 atom stereocenters. The van der Waals surface area contributed by atoms with Crippen molar-refractivity contribution in [1.29, 1.82) is 0 Å². The summed E-state index contributed by atoms with van der Waals surface area (Å²) in [4.78, 5) is 11.8. The quantitative estimate of drug-likeness (QED) is 0.808. The first-order valence-corrected chi connectivity index (χ1v) is 6.27. The van der Waals surface area contributed by atoms with E-state index >= 15 is 0 Å². The number of nitrogens with one attached hydrogen (secondary N) is 2. The van der Waals surface area contributed by atoms with E-state index in [2.05, 4.69) is 10.6 Å². The molecule has 4 nitrogen and oxygen atoms in total. The van der Waals surface area contributed by atoms with Gasteiger partial charge in [0.05, 0.1) is 11.8 Å². The highest BCUT2D eigenvalue weighted by molar-refractivity contribution is 6.00. The molecule has 0 fully saturated rings. The van der Waals surface area contributed by atoms with Crippen LogP contribution in [-0.2, 0) is 0 Å². The molecule has 2 aromatic rings. The Balaban J connectivity index is 2.12. The van der Waals surface area contributed by atoms with Crippen LogP contribution in [0.3, 0.4) is 0 Å². The summed E-state index contributed by atoms with van der Waals surface area (Å²) in [5.41, 5.74) is 0.808. The van der Waals surface area contributed by atoms with E-state index < -0.39 is 23.8 Å². The molecule has 21 heavy (non-hydrogen) atoms. The Kier molecular flexibility index (Phi) is 4.49. The third-order valence-corrected chi connectivity index (χ3v) is 2.84. The summed E-state index contributed by atoms with van der Waals surface area (Å²) < 4.78 is 26.2. The zero-order chi connectivity index (χ0) is 15.4. The summed E-state index contributed by atoms with van der Waals surface area (Å²) in [5.74, 6) is -1.59. The van der Waals surface area contributed by atoms with E-state index in [4.69, 9.17) is 0 Å². The lowest BCUT2D eigenvalue weighted by Gasteiger charge is -2.13. The van der Waals surface area contributed by atoms with Crippen molar-refractivity contribution in [2.75, 3.05) is 10.6 Å². The minimum atomic E-state index is -0.867. The molecule has 2 rings (SSSR count). The Morgan fingerprint density at radius 3 is 2.43 bits per heavy atom. The summed E-state index contributed by atoms with van der Waals surface area (Å²) in [6, 6.07) is 8.87. The fourth-order valence-electron chi connectivity index (χ4n) is 1.84. The number of halogens is 2. The van der Waals surface area contributed by atoms with Crippen LogP contribution in [0.5, 0.6) is 0 Å². The average molecular weight is 292 g/mol. The zero-order valence-corrected chi connectivity index (χ0v) is 11.2. The van der Waals surface area contributed by atoms with Crippen LogP contribution in [0.4, 0.5) is 25.0 Å². The molecule has 0 aliphatic rings. The molecule has 0 aliphatic carbocycles. The number of urea groups is 1. The normalized spacial score (nSPS) is 11.8. The number of amides is 2. The molecule has 1 unspecified atom stereocenters. The van der Waals surface area contributed by atoms with Gasteiger partial charge in [0.15, 0.2) is 0 Å². The van der Waals surface area contributed by atoms with Crippen LogP contribution in [-0.4, -0.2) is 11.1 Å². The highest BCUT2D eigenvalue weighted by atomic mass is 19.1. The van der Waals surface area contributed by atoms with Crippen LogP contribution in [0.15, 0.2) is 42.5 Å². The maximum absolute atomic E-state index is 13.4. The summed E-state index contributed by atoms with van der Waals surface area (Å²) in [6.45, 7) is 1.57. The van der Waals surface area contributed by atoms with Crippen molar-refractivity contribution in [2.24, 2.45) is 0 Å². The van der Waals surface area contributed by atoms with Gasteiger partial charge >= 0.3 is 6.03 Å². The largest absolute Gasteiger partial charge is 0.389 e. The van der Waals surface area contributed by atoms with Gasteiger partial charge in [0.2, 0.25) is 0 Å². The van der Waals surface area contributed by atoms with Crippen LogP contribution in [0.2, 0.25) is 0 Å². The molecule has 0 radical (unpaired) electrons. The van der Waals surface area contributed by atoms with Crippen molar-refractivity contribution in [3.63, 3.8) is 0 Å². The van der Waals surface area contributed by atoms with Crippen LogP contribution in [0.25, 0.3) is 0 Å². The first kappa shape index (κ1) is 14.9. The molecule has 0 saturated carbocycles. The number of hydrogen-bond acceptors (Lipinski definition) is 2. The number of aliphatic hydroxyl groups is 1. The fraction of sp³-hybridized carbons (Fsp3) is 0.133. The van der Waals surface area contributed by atoms with Crippen molar-refractivity contribution in [3.05, 3.63) is 59.7 Å². The van der Waals surface area contributed by atoms with Gasteiger partial charge in [0.1, 0.15) is 11.6 Å². The smallest absolute Gasteiger partial charge is 0.323 e. The van der Waals surface area contributed by atoms with Gasteiger partial charge in [0.25, 0.3) is 0 Å². The summed E-state index contributed by atoms with van der Waals surface area (Å²) in [5, 5.41) is 14.4. The Morgan fingerprint density at radius 2 is 1.76 bits per heavy atom. The van der Waals surface area contributed by atoms with E-state index in [1.807, 2.05) is 0 Å². The SMILES string of the molecule is CC(O)c1ccccc1NC(=O)Nc1ccc(F)cc1F. The van der Waals surface area contributed by atoms with Gasteiger partial charge in [-0.1, -0.05) is 18.2 Å². The molecular formula is C15H14F2N2O2. The van der Waals surface area contributed by atoms with Gasteiger partial charge in [0, 0.05) is 17.3 Å². The molecule has 2 aromatic carbocycles. The van der Waals surface area contributed by atoms with Crippen molar-refractivity contribution in [1.82, 2.24) is 0 Å². The number of aliphatic hydroxyl groups excluding tert-OH is 1. The minimum Gasteiger partial charge on any atom is -0.389 e. The number of anilines is 2. The maximum Gasteiger partial charge on any atom is 0.323 e. The lowest BCUT2D eigenvalue weighted by Crippen LogP contribution is -2.21. The van der Waals surface area contributed by atoms with Crippen LogP contribution in [0.1, 0.15) is 18.6 Å². The van der Waals surface area contributed by atoms with Crippen molar-refractivity contribution in [2.45, 2.75) is 13.0 Å². The first-order chi connectivity index (χ1) is 9.97. The molecule has 0 bridgehead atoms. The van der Waals surface area contributed by atoms with Crippen LogP contribution < -0.4 is 10.6 Å². The molecule has 0 saturated heterocycles. The summed E-state index contributed by atoms with van der Waals surface area (Å²) in [7, 11) is 0. The number of rotatable bonds is 3. The number of carbonyl (C=O) groups excluding carboxylic acids is 1. The van der Waals surface area contributed by atoms with E-state index in [0.717, 1.165) is 12.1 Å². The van der Waals surface area contributed by atoms with E-state index in [0.29, 0.717) is 17.3 Å². The van der Waals surface area contributed by atoms with Crippen LogP contribution >= 0.6 is 0 Å². The standard InChI is InChI=1S/C15H14F2N2O2/c1-9(20)11-4-2-3-5-13(11)18-15(21)19-14-7-6-10(16)8-12(14)17/h2-9,20H,1H3,(H2,18,19,21). The van der Waals surface area contributed by atoms with Gasteiger partial charge < -0.3 is 15.7 Å². The summed E-state index contributed by atoms with van der Waals surface area (Å²) in [6.07, 6.45) is -0.760. The molecule has 0 aromatic heterocycles. The first-order valence-electron chi connectivity index (χ1n) is 6.27. The molecule has 3 N–H and O–H groups in total. The molecule has 110 valence electrons. The second kappa shape index (κ2) is 6.32. The monoisotopic (exact) mass is 292 g/mol. The number of para-hydroxylation sites is 1. The van der Waals surface area contributed by atoms with Crippen molar-refractivity contribution in [3.8, 4) is 0 Å². The van der Waals surface area contributed by atoms with E-state index in [9.17, 15) is 18.7 Å². The second-order valence-electron chi connectivity index (χ2n) is 4.47. The van der Waals surface area contributed by atoms with Gasteiger partial charge in [-0.05, 0) is 25.1 Å². The van der Waals surface area contributed by atoms with Crippen molar-refractivity contribution >= 4 is 17.4 Å². The Bertz CT molecular complexity index is 660. The predicted octanol–water partition coefficient (Wildman–Crippen LogP) is 3.66. The summed E-state index contributed by atoms with van der Waals surface area (Å²) >= 11 is 0. The van der Waals surface area contributed by atoms with Crippen molar-refractivity contribution < 1.29 is 18.7 Å². The molecule has 6 heteroatoms. The highest BCUT2D eigenvalue weighted by Crippen LogP contribution is 2.22.